The molecule has 2 aromatic carbocycles. The van der Waals surface area contributed by atoms with E-state index in [2.05, 4.69) is 32.3 Å². The molecule has 30 heavy (non-hydrogen) atoms. The summed E-state index contributed by atoms with van der Waals surface area (Å²) in [5.74, 6) is -0.0887. The normalized spacial score (nSPS) is 14.3. The van der Waals surface area contributed by atoms with Crippen LogP contribution >= 0.6 is 34.2 Å². The summed E-state index contributed by atoms with van der Waals surface area (Å²) in [4.78, 5) is 28.0. The smallest absolute Gasteiger partial charge is 0.363 e. The highest BCUT2D eigenvalue weighted by Crippen LogP contribution is 2.35. The van der Waals surface area contributed by atoms with Crippen molar-refractivity contribution in [2.75, 3.05) is 20.3 Å². The van der Waals surface area contributed by atoms with Gasteiger partial charge in [-0.05, 0) is 65.4 Å². The number of cyclic esters (lactones) is 1. The van der Waals surface area contributed by atoms with Crippen molar-refractivity contribution in [3.63, 3.8) is 0 Å². The number of carbonyl (C=O) groups excluding carboxylic acids is 2. The number of hydrogen-bond acceptors (Lipinski definition) is 7. The van der Waals surface area contributed by atoms with Gasteiger partial charge in [0.15, 0.2) is 23.8 Å². The Kier molecular flexibility index (Phi) is 7.33. The molecule has 0 aromatic heterocycles. The molecule has 0 radical (unpaired) electrons. The van der Waals surface area contributed by atoms with Crippen molar-refractivity contribution >= 4 is 58.1 Å². The fourth-order valence-electron chi connectivity index (χ4n) is 2.58. The highest BCUT2D eigenvalue weighted by atomic mass is 127. The molecule has 0 amide bonds. The summed E-state index contributed by atoms with van der Waals surface area (Å²) >= 11 is 8.22. The van der Waals surface area contributed by atoms with Gasteiger partial charge < -0.3 is 18.9 Å². The van der Waals surface area contributed by atoms with E-state index in [1.165, 1.54) is 7.11 Å². The maximum Gasteiger partial charge on any atom is 0.363 e. The minimum absolute atomic E-state index is 0.131. The minimum atomic E-state index is -0.580. The van der Waals surface area contributed by atoms with Crippen molar-refractivity contribution in [3.05, 3.63) is 61.8 Å². The summed E-state index contributed by atoms with van der Waals surface area (Å²) in [6, 6.07) is 10.4. The molecule has 0 atom stereocenters. The number of esters is 2. The molecule has 156 valence electrons. The van der Waals surface area contributed by atoms with E-state index < -0.39 is 11.9 Å². The topological polar surface area (TPSA) is 83.4 Å². The maximum absolute atomic E-state index is 12.3. The molecule has 0 bridgehead atoms. The van der Waals surface area contributed by atoms with Gasteiger partial charge >= 0.3 is 11.9 Å². The number of ether oxygens (including phenoxy) is 4. The van der Waals surface area contributed by atoms with Crippen LogP contribution in [0.2, 0.25) is 5.02 Å². The molecule has 2 aromatic rings. The predicted octanol–water partition coefficient (Wildman–Crippen LogP) is 4.24. The molecule has 1 aliphatic rings. The molecular formula is C21H17ClINO6. The molecule has 0 spiro atoms. The van der Waals surface area contributed by atoms with Gasteiger partial charge in [0.05, 0.1) is 27.9 Å². The fourth-order valence-corrected chi connectivity index (χ4v) is 3.58. The number of carbonyl (C=O) groups is 2. The third kappa shape index (κ3) is 5.11. The minimum Gasteiger partial charge on any atom is -0.490 e. The lowest BCUT2D eigenvalue weighted by atomic mass is 10.1. The van der Waals surface area contributed by atoms with Crippen LogP contribution in [-0.2, 0) is 19.1 Å². The number of aliphatic imine (C=N–C) groups is 1. The number of hydrogen-bond donors (Lipinski definition) is 0. The summed E-state index contributed by atoms with van der Waals surface area (Å²) in [5.41, 5.74) is 1.32. The number of nitrogens with zero attached hydrogens (tertiary/aromatic N) is 1. The molecule has 0 saturated heterocycles. The highest BCUT2D eigenvalue weighted by Gasteiger charge is 2.26. The lowest BCUT2D eigenvalue weighted by Crippen LogP contribution is -2.14. The van der Waals surface area contributed by atoms with Crippen LogP contribution in [-0.4, -0.2) is 38.2 Å². The van der Waals surface area contributed by atoms with Crippen molar-refractivity contribution in [2.24, 2.45) is 4.99 Å². The SMILES string of the molecule is CCOc1cc(/C=C2\N=C(c3ccccc3Cl)OC2=O)cc(I)c1OCC(=O)OC. The Hall–Kier alpha value is -2.59. The van der Waals surface area contributed by atoms with E-state index in [-0.39, 0.29) is 18.2 Å². The van der Waals surface area contributed by atoms with E-state index >= 15 is 0 Å². The second-order valence-electron chi connectivity index (χ2n) is 5.94. The molecule has 3 rings (SSSR count). The molecule has 0 saturated carbocycles. The van der Waals surface area contributed by atoms with Gasteiger partial charge in [0, 0.05) is 0 Å². The quantitative estimate of drug-likeness (QED) is 0.296. The van der Waals surface area contributed by atoms with E-state index in [0.29, 0.717) is 37.8 Å². The number of halogens is 2. The van der Waals surface area contributed by atoms with Gasteiger partial charge in [-0.25, -0.2) is 14.6 Å². The zero-order valence-electron chi connectivity index (χ0n) is 16.1. The van der Waals surface area contributed by atoms with Gasteiger partial charge in [-0.3, -0.25) is 0 Å². The lowest BCUT2D eigenvalue weighted by Gasteiger charge is -2.14. The number of methoxy groups -OCH3 is 1. The summed E-state index contributed by atoms with van der Waals surface area (Å²) in [5, 5.41) is 0.436. The van der Waals surface area contributed by atoms with Crippen LogP contribution in [0.15, 0.2) is 47.1 Å². The molecule has 0 unspecified atom stereocenters. The summed E-state index contributed by atoms with van der Waals surface area (Å²) < 4.78 is 21.7. The first-order chi connectivity index (χ1) is 14.4. The van der Waals surface area contributed by atoms with E-state index in [4.69, 9.17) is 25.8 Å². The van der Waals surface area contributed by atoms with Crippen molar-refractivity contribution in [2.45, 2.75) is 6.92 Å². The molecule has 1 heterocycles. The Morgan fingerprint density at radius 1 is 1.27 bits per heavy atom. The van der Waals surface area contributed by atoms with Crippen molar-refractivity contribution in [3.8, 4) is 11.5 Å². The molecule has 0 aliphatic carbocycles. The third-order valence-electron chi connectivity index (χ3n) is 3.92. The second kappa shape index (κ2) is 9.94. The predicted molar refractivity (Wildman–Crippen MR) is 120 cm³/mol. The van der Waals surface area contributed by atoms with Crippen LogP contribution in [0.3, 0.4) is 0 Å². The molecule has 0 N–H and O–H groups in total. The standard InChI is InChI=1S/C21H17ClINO6/c1-3-28-17-10-12(8-15(23)19(17)29-11-18(25)27-2)9-16-21(26)30-20(24-16)13-6-4-5-7-14(13)22/h4-10H,3,11H2,1-2H3/b16-9-. The monoisotopic (exact) mass is 541 g/mol. The lowest BCUT2D eigenvalue weighted by molar-refractivity contribution is -0.143. The van der Waals surface area contributed by atoms with Crippen molar-refractivity contribution in [1.29, 1.82) is 0 Å². The van der Waals surface area contributed by atoms with Gasteiger partial charge in [0.25, 0.3) is 0 Å². The van der Waals surface area contributed by atoms with E-state index in [0.717, 1.165) is 0 Å². The summed E-state index contributed by atoms with van der Waals surface area (Å²) in [7, 11) is 1.29. The van der Waals surface area contributed by atoms with E-state index in [1.54, 1.807) is 42.5 Å². The Labute approximate surface area is 191 Å². The maximum atomic E-state index is 12.3. The van der Waals surface area contributed by atoms with Crippen LogP contribution in [0.5, 0.6) is 11.5 Å². The van der Waals surface area contributed by atoms with Crippen LogP contribution < -0.4 is 9.47 Å². The van der Waals surface area contributed by atoms with Crippen LogP contribution in [0.25, 0.3) is 6.08 Å². The van der Waals surface area contributed by atoms with Crippen LogP contribution in [0, 0.1) is 3.57 Å². The van der Waals surface area contributed by atoms with Gasteiger partial charge in [0.1, 0.15) is 0 Å². The molecule has 7 nitrogen and oxygen atoms in total. The van der Waals surface area contributed by atoms with Gasteiger partial charge in [0.2, 0.25) is 5.90 Å². The average Bonchev–Trinajstić information content (AvgIpc) is 3.07. The first-order valence-corrected chi connectivity index (χ1v) is 10.3. The highest BCUT2D eigenvalue weighted by molar-refractivity contribution is 14.1. The average molecular weight is 542 g/mol. The van der Waals surface area contributed by atoms with Gasteiger partial charge in [-0.15, -0.1) is 0 Å². The van der Waals surface area contributed by atoms with Gasteiger partial charge in [-0.2, -0.15) is 0 Å². The number of benzene rings is 2. The second-order valence-corrected chi connectivity index (χ2v) is 7.51. The molecule has 0 fully saturated rings. The summed E-state index contributed by atoms with van der Waals surface area (Å²) in [6.45, 7) is 1.98. The van der Waals surface area contributed by atoms with Gasteiger partial charge in [-0.1, -0.05) is 23.7 Å². The van der Waals surface area contributed by atoms with Crippen molar-refractivity contribution in [1.82, 2.24) is 0 Å². The third-order valence-corrected chi connectivity index (χ3v) is 5.05. The van der Waals surface area contributed by atoms with E-state index in [9.17, 15) is 9.59 Å². The first-order valence-electron chi connectivity index (χ1n) is 8.86. The van der Waals surface area contributed by atoms with Crippen LogP contribution in [0.1, 0.15) is 18.1 Å². The van der Waals surface area contributed by atoms with Crippen LogP contribution in [0.4, 0.5) is 0 Å². The first kappa shape index (κ1) is 22.1. The Bertz CT molecular complexity index is 1050. The molecule has 9 heteroatoms. The zero-order chi connectivity index (χ0) is 21.7. The van der Waals surface area contributed by atoms with E-state index in [1.807, 2.05) is 6.92 Å². The summed E-state index contributed by atoms with van der Waals surface area (Å²) in [6.07, 6.45) is 1.58. The molecule has 1 aliphatic heterocycles. The van der Waals surface area contributed by atoms with Crippen molar-refractivity contribution < 1.29 is 28.5 Å². The Morgan fingerprint density at radius 3 is 2.73 bits per heavy atom. The largest absolute Gasteiger partial charge is 0.490 e. The zero-order valence-corrected chi connectivity index (χ0v) is 19.0. The Balaban J connectivity index is 1.93. The number of rotatable bonds is 7. The fraction of sp³-hybridized carbons (Fsp3) is 0.190. The molecular weight excluding hydrogens is 525 g/mol. The Morgan fingerprint density at radius 2 is 2.03 bits per heavy atom.